The van der Waals surface area contributed by atoms with Gasteiger partial charge in [-0.1, -0.05) is 17.7 Å². The van der Waals surface area contributed by atoms with Crippen molar-refractivity contribution in [2.45, 2.75) is 18.9 Å². The molecule has 0 saturated carbocycles. The Morgan fingerprint density at radius 2 is 2.00 bits per heavy atom. The van der Waals surface area contributed by atoms with Crippen molar-refractivity contribution in [3.8, 4) is 5.75 Å². The first-order valence-electron chi connectivity index (χ1n) is 6.01. The summed E-state index contributed by atoms with van der Waals surface area (Å²) < 4.78 is 5.27. The van der Waals surface area contributed by atoms with E-state index < -0.39 is 30.3 Å². The third-order valence-corrected chi connectivity index (χ3v) is 2.64. The molecule has 0 fully saturated rings. The molecule has 0 heterocycles. The van der Waals surface area contributed by atoms with E-state index in [0.29, 0.717) is 10.8 Å². The highest BCUT2D eigenvalue weighted by Crippen LogP contribution is 2.17. The van der Waals surface area contributed by atoms with Gasteiger partial charge in [-0.3, -0.25) is 9.59 Å². The number of hydrogen-bond acceptors (Lipinski definition) is 4. The van der Waals surface area contributed by atoms with Crippen molar-refractivity contribution in [3.63, 3.8) is 0 Å². The molecule has 114 valence electrons. The molecule has 0 aliphatic carbocycles. The average Bonchev–Trinajstić information content (AvgIpc) is 2.37. The van der Waals surface area contributed by atoms with E-state index >= 15 is 0 Å². The summed E-state index contributed by atoms with van der Waals surface area (Å²) in [6, 6.07) is 5.13. The van der Waals surface area contributed by atoms with Gasteiger partial charge in [0.15, 0.2) is 0 Å². The van der Waals surface area contributed by atoms with Crippen molar-refractivity contribution in [2.75, 3.05) is 6.61 Å². The molecule has 1 aromatic carbocycles. The third kappa shape index (κ3) is 6.62. The minimum atomic E-state index is -1.46. The largest absolute Gasteiger partial charge is 0.493 e. The Labute approximate surface area is 125 Å². The van der Waals surface area contributed by atoms with Crippen LogP contribution in [-0.2, 0) is 14.4 Å². The van der Waals surface area contributed by atoms with Gasteiger partial charge in [-0.05, 0) is 18.2 Å². The van der Waals surface area contributed by atoms with Crippen molar-refractivity contribution >= 4 is 29.4 Å². The molecule has 1 amide bonds. The predicted octanol–water partition coefficient (Wildman–Crippen LogP) is 1.15. The number of aliphatic carboxylic acids is 2. The molecule has 0 spiro atoms. The molecule has 21 heavy (non-hydrogen) atoms. The molecule has 0 bridgehead atoms. The number of hydrogen-bond donors (Lipinski definition) is 3. The number of carboxylic acid groups (broad SMARTS) is 2. The second-order valence-corrected chi connectivity index (χ2v) is 4.55. The Balaban J connectivity index is 2.39. The van der Waals surface area contributed by atoms with Crippen LogP contribution in [0.5, 0.6) is 5.75 Å². The Morgan fingerprint density at radius 1 is 1.29 bits per heavy atom. The lowest BCUT2D eigenvalue weighted by Gasteiger charge is -2.12. The molecule has 3 N–H and O–H groups in total. The summed E-state index contributed by atoms with van der Waals surface area (Å²) in [7, 11) is 0. The molecular weight excluding hydrogens is 302 g/mol. The molecule has 7 nitrogen and oxygen atoms in total. The first-order chi connectivity index (χ1) is 9.88. The van der Waals surface area contributed by atoms with Crippen molar-refractivity contribution in [1.82, 2.24) is 5.32 Å². The standard InChI is InChI=1S/C13H14ClNO6/c14-8-2-1-3-9(6-8)21-5-4-11(16)15-10(13(19)20)7-12(17)18/h1-3,6,10H,4-5,7H2,(H,15,16)(H,17,18)(H,19,20). The summed E-state index contributed by atoms with van der Waals surface area (Å²) in [5, 5.41) is 19.9. The number of carbonyl (C=O) groups excluding carboxylic acids is 1. The van der Waals surface area contributed by atoms with Crippen LogP contribution in [0, 0.1) is 0 Å². The molecule has 0 radical (unpaired) electrons. The number of amides is 1. The van der Waals surface area contributed by atoms with Crippen molar-refractivity contribution in [1.29, 1.82) is 0 Å². The van der Waals surface area contributed by atoms with Gasteiger partial charge in [0.1, 0.15) is 11.8 Å². The molecule has 0 aliphatic heterocycles. The SMILES string of the molecule is O=C(O)CC(NC(=O)CCOc1cccc(Cl)c1)C(=O)O. The van der Waals surface area contributed by atoms with Gasteiger partial charge in [-0.25, -0.2) is 4.79 Å². The summed E-state index contributed by atoms with van der Waals surface area (Å²) in [6.07, 6.45) is -0.786. The number of carboxylic acids is 2. The van der Waals surface area contributed by atoms with Crippen LogP contribution in [0.3, 0.4) is 0 Å². The molecule has 0 aliphatic rings. The van der Waals surface area contributed by atoms with E-state index in [1.165, 1.54) is 0 Å². The van der Waals surface area contributed by atoms with Crippen LogP contribution in [0.1, 0.15) is 12.8 Å². The van der Waals surface area contributed by atoms with Crippen molar-refractivity contribution in [2.24, 2.45) is 0 Å². The number of carbonyl (C=O) groups is 3. The van der Waals surface area contributed by atoms with E-state index in [1.54, 1.807) is 24.3 Å². The summed E-state index contributed by atoms with van der Waals surface area (Å²) in [4.78, 5) is 32.8. The monoisotopic (exact) mass is 315 g/mol. The zero-order valence-electron chi connectivity index (χ0n) is 10.9. The molecule has 1 unspecified atom stereocenters. The van der Waals surface area contributed by atoms with Gasteiger partial charge in [-0.15, -0.1) is 0 Å². The van der Waals surface area contributed by atoms with Crippen LogP contribution in [-0.4, -0.2) is 40.7 Å². The highest BCUT2D eigenvalue weighted by atomic mass is 35.5. The minimum absolute atomic E-state index is 0.0194. The van der Waals surface area contributed by atoms with Gasteiger partial charge in [-0.2, -0.15) is 0 Å². The minimum Gasteiger partial charge on any atom is -0.493 e. The second-order valence-electron chi connectivity index (χ2n) is 4.11. The van der Waals surface area contributed by atoms with Crippen molar-refractivity contribution < 1.29 is 29.3 Å². The number of nitrogens with one attached hydrogen (secondary N) is 1. The second kappa shape index (κ2) is 8.11. The summed E-state index contributed by atoms with van der Waals surface area (Å²) in [6.45, 7) is 0.0194. The van der Waals surface area contributed by atoms with Crippen LogP contribution < -0.4 is 10.1 Å². The topological polar surface area (TPSA) is 113 Å². The highest BCUT2D eigenvalue weighted by molar-refractivity contribution is 6.30. The lowest BCUT2D eigenvalue weighted by Crippen LogP contribution is -2.42. The van der Waals surface area contributed by atoms with Crippen LogP contribution in [0.4, 0.5) is 0 Å². The number of halogens is 1. The fourth-order valence-electron chi connectivity index (χ4n) is 1.46. The normalized spacial score (nSPS) is 11.5. The lowest BCUT2D eigenvalue weighted by atomic mass is 10.2. The molecule has 1 rings (SSSR count). The van der Waals surface area contributed by atoms with Gasteiger partial charge in [0, 0.05) is 5.02 Å². The smallest absolute Gasteiger partial charge is 0.326 e. The van der Waals surface area contributed by atoms with Gasteiger partial charge < -0.3 is 20.3 Å². The van der Waals surface area contributed by atoms with Crippen LogP contribution >= 0.6 is 11.6 Å². The van der Waals surface area contributed by atoms with Gasteiger partial charge >= 0.3 is 11.9 Å². The van der Waals surface area contributed by atoms with E-state index in [2.05, 4.69) is 5.32 Å². The van der Waals surface area contributed by atoms with Gasteiger partial charge in [0.2, 0.25) is 5.91 Å². The first kappa shape index (κ1) is 16.8. The van der Waals surface area contributed by atoms with Crippen LogP contribution in [0.15, 0.2) is 24.3 Å². The van der Waals surface area contributed by atoms with Gasteiger partial charge in [0.05, 0.1) is 19.4 Å². The molecule has 1 aromatic rings. The van der Waals surface area contributed by atoms with Crippen LogP contribution in [0.2, 0.25) is 5.02 Å². The van der Waals surface area contributed by atoms with E-state index in [9.17, 15) is 14.4 Å². The Kier molecular flexibility index (Phi) is 6.48. The molecule has 8 heteroatoms. The van der Waals surface area contributed by atoms with Crippen LogP contribution in [0.25, 0.3) is 0 Å². The van der Waals surface area contributed by atoms with E-state index in [1.807, 2.05) is 0 Å². The summed E-state index contributed by atoms with van der Waals surface area (Å²) in [5.41, 5.74) is 0. The Hall–Kier alpha value is -2.28. The number of ether oxygens (including phenoxy) is 1. The van der Waals surface area contributed by atoms with E-state index in [4.69, 9.17) is 26.6 Å². The number of rotatable bonds is 8. The van der Waals surface area contributed by atoms with E-state index in [0.717, 1.165) is 0 Å². The lowest BCUT2D eigenvalue weighted by molar-refractivity contribution is -0.147. The Morgan fingerprint density at radius 3 is 2.57 bits per heavy atom. The maximum Gasteiger partial charge on any atom is 0.326 e. The van der Waals surface area contributed by atoms with Crippen molar-refractivity contribution in [3.05, 3.63) is 29.3 Å². The zero-order chi connectivity index (χ0) is 15.8. The average molecular weight is 316 g/mol. The maximum absolute atomic E-state index is 11.5. The predicted molar refractivity (Wildman–Crippen MR) is 73.4 cm³/mol. The maximum atomic E-state index is 11.5. The highest BCUT2D eigenvalue weighted by Gasteiger charge is 2.22. The fraction of sp³-hybridized carbons (Fsp3) is 0.308. The molecular formula is C13H14ClNO6. The molecule has 0 aromatic heterocycles. The molecule has 0 saturated heterocycles. The fourth-order valence-corrected chi connectivity index (χ4v) is 1.64. The summed E-state index contributed by atoms with van der Waals surface area (Å²) >= 11 is 5.76. The summed E-state index contributed by atoms with van der Waals surface area (Å²) in [5.74, 6) is -2.83. The quantitative estimate of drug-likeness (QED) is 0.663. The Bertz CT molecular complexity index is 533. The number of benzene rings is 1. The van der Waals surface area contributed by atoms with E-state index in [-0.39, 0.29) is 13.0 Å². The molecule has 1 atom stereocenters. The van der Waals surface area contributed by atoms with Gasteiger partial charge in [0.25, 0.3) is 0 Å². The third-order valence-electron chi connectivity index (χ3n) is 2.41. The first-order valence-corrected chi connectivity index (χ1v) is 6.38. The zero-order valence-corrected chi connectivity index (χ0v) is 11.7.